The zero-order chi connectivity index (χ0) is 16.2. The third-order valence-corrected chi connectivity index (χ3v) is 4.62. The summed E-state index contributed by atoms with van der Waals surface area (Å²) in [7, 11) is 0.189. The predicted octanol–water partition coefficient (Wildman–Crippen LogP) is 2.68. The normalized spacial score (nSPS) is 12.8. The van der Waals surface area contributed by atoms with Crippen molar-refractivity contribution in [2.45, 2.75) is 4.90 Å². The first-order valence-corrected chi connectivity index (χ1v) is 8.10. The molecular formula is C16H16N2O3S. The first kappa shape index (κ1) is 15.7. The molecule has 2 rings (SSSR count). The fourth-order valence-electron chi connectivity index (χ4n) is 1.90. The van der Waals surface area contributed by atoms with Crippen LogP contribution in [0.15, 0.2) is 47.4 Å². The fraction of sp³-hybridized carbons (Fsp3) is 0.125. The number of benzene rings is 2. The van der Waals surface area contributed by atoms with Crippen LogP contribution in [0.2, 0.25) is 0 Å². The molecule has 0 fully saturated rings. The highest BCUT2D eigenvalue weighted by Crippen LogP contribution is 2.29. The SMILES string of the molecule is C=S(=O)(Nc1ccc(C#N)cc1)c1cc(OC)ccc1OC. The summed E-state index contributed by atoms with van der Waals surface area (Å²) < 4.78 is 26.2. The second kappa shape index (κ2) is 6.41. The van der Waals surface area contributed by atoms with Crippen LogP contribution in [0.5, 0.6) is 11.5 Å². The Kier molecular flexibility index (Phi) is 4.59. The molecule has 2 aromatic carbocycles. The number of nitrogens with one attached hydrogen (secondary N) is 1. The standard InChI is InChI=1S/C16H16N2O3S/c1-20-14-8-9-15(21-2)16(10-14)22(3,19)18-13-6-4-12(11-17)5-7-13/h4-10H,3H2,1-2H3,(H,18,19). The van der Waals surface area contributed by atoms with Gasteiger partial charge in [0.05, 0.1) is 40.5 Å². The van der Waals surface area contributed by atoms with Crippen molar-refractivity contribution in [3.63, 3.8) is 0 Å². The average Bonchev–Trinajstić information content (AvgIpc) is 2.54. The molecule has 0 bridgehead atoms. The Labute approximate surface area is 130 Å². The summed E-state index contributed by atoms with van der Waals surface area (Å²) in [5.41, 5.74) is 1.13. The highest BCUT2D eigenvalue weighted by molar-refractivity contribution is 8.01. The van der Waals surface area contributed by atoms with Gasteiger partial charge < -0.3 is 14.2 Å². The molecule has 22 heavy (non-hydrogen) atoms. The molecule has 0 amide bonds. The van der Waals surface area contributed by atoms with Gasteiger partial charge in [-0.3, -0.25) is 0 Å². The summed E-state index contributed by atoms with van der Waals surface area (Å²) in [6.45, 7) is 0. The number of rotatable bonds is 5. The van der Waals surface area contributed by atoms with Crippen molar-refractivity contribution in [3.8, 4) is 17.6 Å². The Bertz CT molecular complexity index is 806. The molecule has 0 aliphatic heterocycles. The third kappa shape index (κ3) is 3.32. The van der Waals surface area contributed by atoms with E-state index in [9.17, 15) is 4.21 Å². The van der Waals surface area contributed by atoms with E-state index >= 15 is 0 Å². The average molecular weight is 316 g/mol. The highest BCUT2D eigenvalue weighted by atomic mass is 32.2. The number of methoxy groups -OCH3 is 2. The van der Waals surface area contributed by atoms with Gasteiger partial charge in [-0.2, -0.15) is 5.26 Å². The lowest BCUT2D eigenvalue weighted by atomic mass is 10.2. The van der Waals surface area contributed by atoms with E-state index in [1.54, 1.807) is 42.5 Å². The molecule has 2 aromatic rings. The zero-order valence-corrected chi connectivity index (χ0v) is 13.1. The quantitative estimate of drug-likeness (QED) is 0.861. The highest BCUT2D eigenvalue weighted by Gasteiger charge is 2.15. The van der Waals surface area contributed by atoms with E-state index < -0.39 is 9.71 Å². The van der Waals surface area contributed by atoms with Gasteiger partial charge in [-0.1, -0.05) is 0 Å². The van der Waals surface area contributed by atoms with Crippen LogP contribution in [0.4, 0.5) is 5.69 Å². The third-order valence-electron chi connectivity index (χ3n) is 3.02. The van der Waals surface area contributed by atoms with Gasteiger partial charge in [0.2, 0.25) is 0 Å². The minimum Gasteiger partial charge on any atom is -0.497 e. The second-order valence-electron chi connectivity index (χ2n) is 4.48. The van der Waals surface area contributed by atoms with Crippen molar-refractivity contribution >= 4 is 21.3 Å². The maximum Gasteiger partial charge on any atom is 0.136 e. The Morgan fingerprint density at radius 3 is 2.36 bits per heavy atom. The van der Waals surface area contributed by atoms with Gasteiger partial charge in [-0.05, 0) is 42.3 Å². The van der Waals surface area contributed by atoms with Crippen molar-refractivity contribution < 1.29 is 13.7 Å². The number of hydrogen-bond acceptors (Lipinski definition) is 4. The molecule has 0 aliphatic rings. The van der Waals surface area contributed by atoms with Crippen molar-refractivity contribution in [1.29, 1.82) is 5.26 Å². The van der Waals surface area contributed by atoms with Crippen LogP contribution in [-0.2, 0) is 9.71 Å². The molecule has 5 nitrogen and oxygen atoms in total. The lowest BCUT2D eigenvalue weighted by Gasteiger charge is -2.16. The van der Waals surface area contributed by atoms with Crippen molar-refractivity contribution in [2.75, 3.05) is 18.9 Å². The number of hydrogen-bond donors (Lipinski definition) is 1. The van der Waals surface area contributed by atoms with E-state index in [1.165, 1.54) is 14.2 Å². The molecule has 6 heteroatoms. The Morgan fingerprint density at radius 1 is 1.14 bits per heavy atom. The molecule has 1 N–H and O–H groups in total. The van der Waals surface area contributed by atoms with E-state index in [-0.39, 0.29) is 0 Å². The van der Waals surface area contributed by atoms with Crippen LogP contribution in [0.3, 0.4) is 0 Å². The smallest absolute Gasteiger partial charge is 0.136 e. The largest absolute Gasteiger partial charge is 0.497 e. The van der Waals surface area contributed by atoms with Crippen molar-refractivity contribution in [1.82, 2.24) is 0 Å². The van der Waals surface area contributed by atoms with Crippen LogP contribution < -0.4 is 14.2 Å². The number of nitrogens with zero attached hydrogens (tertiary/aromatic N) is 1. The summed E-state index contributed by atoms with van der Waals surface area (Å²) in [4.78, 5) is 0.415. The van der Waals surface area contributed by atoms with Gasteiger partial charge >= 0.3 is 0 Å². The van der Waals surface area contributed by atoms with E-state index in [1.807, 2.05) is 6.07 Å². The van der Waals surface area contributed by atoms with E-state index in [2.05, 4.69) is 10.6 Å². The predicted molar refractivity (Wildman–Crippen MR) is 87.9 cm³/mol. The minimum atomic E-state index is -2.85. The summed E-state index contributed by atoms with van der Waals surface area (Å²) in [6, 6.07) is 13.7. The molecule has 0 saturated heterocycles. The maximum atomic E-state index is 12.9. The van der Waals surface area contributed by atoms with Gasteiger partial charge in [0.1, 0.15) is 11.5 Å². The fourth-order valence-corrected chi connectivity index (χ4v) is 3.31. The summed E-state index contributed by atoms with van der Waals surface area (Å²) in [6.07, 6.45) is 0. The van der Waals surface area contributed by atoms with Gasteiger partial charge in [0.25, 0.3) is 0 Å². The second-order valence-corrected chi connectivity index (χ2v) is 6.48. The van der Waals surface area contributed by atoms with E-state index in [0.29, 0.717) is 27.6 Å². The molecule has 0 heterocycles. The van der Waals surface area contributed by atoms with Crippen molar-refractivity contribution in [3.05, 3.63) is 48.0 Å². The molecule has 0 aromatic heterocycles. The van der Waals surface area contributed by atoms with Crippen LogP contribution in [0.1, 0.15) is 5.56 Å². The zero-order valence-electron chi connectivity index (χ0n) is 12.3. The monoisotopic (exact) mass is 316 g/mol. The van der Waals surface area contributed by atoms with E-state index in [0.717, 1.165) is 0 Å². The molecule has 0 spiro atoms. The topological polar surface area (TPSA) is 71.4 Å². The van der Waals surface area contributed by atoms with Crippen LogP contribution in [-0.4, -0.2) is 24.3 Å². The van der Waals surface area contributed by atoms with E-state index in [4.69, 9.17) is 14.7 Å². The summed E-state index contributed by atoms with van der Waals surface area (Å²) >= 11 is 0. The minimum absolute atomic E-state index is 0.415. The van der Waals surface area contributed by atoms with Crippen LogP contribution in [0.25, 0.3) is 0 Å². The Hall–Kier alpha value is -2.65. The molecular weight excluding hydrogens is 300 g/mol. The molecule has 1 atom stereocenters. The molecule has 0 aliphatic carbocycles. The molecule has 0 radical (unpaired) electrons. The van der Waals surface area contributed by atoms with Gasteiger partial charge in [-0.15, -0.1) is 0 Å². The molecule has 0 saturated carbocycles. The molecule has 114 valence electrons. The number of ether oxygens (including phenoxy) is 2. The van der Waals surface area contributed by atoms with Crippen molar-refractivity contribution in [2.24, 2.45) is 0 Å². The first-order chi connectivity index (χ1) is 10.5. The lowest BCUT2D eigenvalue weighted by molar-refractivity contribution is 0.393. The first-order valence-electron chi connectivity index (χ1n) is 6.37. The number of anilines is 1. The Balaban J connectivity index is 2.39. The van der Waals surface area contributed by atoms with Gasteiger partial charge in [-0.25, -0.2) is 4.21 Å². The summed E-state index contributed by atoms with van der Waals surface area (Å²) in [5, 5.41) is 8.80. The molecule has 1 unspecified atom stereocenters. The maximum absolute atomic E-state index is 12.9. The van der Waals surface area contributed by atoms with Crippen LogP contribution >= 0.6 is 0 Å². The van der Waals surface area contributed by atoms with Gasteiger partial charge in [0, 0.05) is 11.8 Å². The lowest BCUT2D eigenvalue weighted by Crippen LogP contribution is -2.14. The Morgan fingerprint density at radius 2 is 1.82 bits per heavy atom. The number of nitriles is 1. The van der Waals surface area contributed by atoms with Crippen LogP contribution in [0, 0.1) is 11.3 Å². The summed E-state index contributed by atoms with van der Waals surface area (Å²) in [5.74, 6) is 4.80. The van der Waals surface area contributed by atoms with Gasteiger partial charge in [0.15, 0.2) is 0 Å².